The molecular weight excluding hydrogens is 432 g/mol. The molecule has 0 spiro atoms. The van der Waals surface area contributed by atoms with E-state index in [0.717, 1.165) is 16.7 Å². The van der Waals surface area contributed by atoms with Gasteiger partial charge in [-0.2, -0.15) is 0 Å². The van der Waals surface area contributed by atoms with E-state index in [4.69, 9.17) is 23.7 Å². The smallest absolute Gasteiger partial charge is 0.186 e. The SMILES string of the molecule is COC1O[C@H](CO)[C@@H](OCc2ccccc2)[C@@H](OCc2ccccc2)[C@H]1OCc1ccccc1. The summed E-state index contributed by atoms with van der Waals surface area (Å²) in [6.07, 6.45) is -2.97. The van der Waals surface area contributed by atoms with Crippen LogP contribution in [0, 0.1) is 0 Å². The molecule has 0 amide bonds. The van der Waals surface area contributed by atoms with E-state index in [0.29, 0.717) is 19.8 Å². The van der Waals surface area contributed by atoms with Gasteiger partial charge in [0.25, 0.3) is 0 Å². The van der Waals surface area contributed by atoms with Gasteiger partial charge in [0.05, 0.1) is 26.4 Å². The largest absolute Gasteiger partial charge is 0.394 e. The summed E-state index contributed by atoms with van der Waals surface area (Å²) in [4.78, 5) is 0. The second kappa shape index (κ2) is 12.8. The lowest BCUT2D eigenvalue weighted by atomic mass is 9.98. The van der Waals surface area contributed by atoms with Crippen LogP contribution >= 0.6 is 0 Å². The molecule has 1 saturated heterocycles. The molecule has 1 heterocycles. The fourth-order valence-corrected chi connectivity index (χ4v) is 4.08. The van der Waals surface area contributed by atoms with Crippen LogP contribution in [0.2, 0.25) is 0 Å². The summed E-state index contributed by atoms with van der Waals surface area (Å²) >= 11 is 0. The van der Waals surface area contributed by atoms with Crippen LogP contribution < -0.4 is 0 Å². The molecule has 180 valence electrons. The van der Waals surface area contributed by atoms with Gasteiger partial charge < -0.3 is 28.8 Å². The van der Waals surface area contributed by atoms with E-state index in [1.54, 1.807) is 7.11 Å². The van der Waals surface area contributed by atoms with Crippen molar-refractivity contribution < 1.29 is 28.8 Å². The predicted molar refractivity (Wildman–Crippen MR) is 128 cm³/mol. The van der Waals surface area contributed by atoms with Crippen molar-refractivity contribution in [1.29, 1.82) is 0 Å². The number of ether oxygens (including phenoxy) is 5. The van der Waals surface area contributed by atoms with Gasteiger partial charge in [0.1, 0.15) is 24.4 Å². The summed E-state index contributed by atoms with van der Waals surface area (Å²) < 4.78 is 30.7. The van der Waals surface area contributed by atoms with Crippen LogP contribution in [0.15, 0.2) is 91.0 Å². The highest BCUT2D eigenvalue weighted by Crippen LogP contribution is 2.30. The van der Waals surface area contributed by atoms with Crippen molar-refractivity contribution in [1.82, 2.24) is 0 Å². The molecule has 6 nitrogen and oxygen atoms in total. The summed E-state index contributed by atoms with van der Waals surface area (Å²) in [5.74, 6) is 0. The molecule has 0 bridgehead atoms. The Hall–Kier alpha value is -2.58. The van der Waals surface area contributed by atoms with Gasteiger partial charge in [0.15, 0.2) is 6.29 Å². The zero-order valence-electron chi connectivity index (χ0n) is 19.4. The number of aliphatic hydroxyl groups is 1. The van der Waals surface area contributed by atoms with Gasteiger partial charge in [-0.1, -0.05) is 91.0 Å². The molecule has 1 fully saturated rings. The molecule has 0 aliphatic carbocycles. The fraction of sp³-hybridized carbons (Fsp3) is 0.357. The van der Waals surface area contributed by atoms with Crippen LogP contribution in [0.5, 0.6) is 0 Å². The predicted octanol–water partition coefficient (Wildman–Crippen LogP) is 4.11. The van der Waals surface area contributed by atoms with Crippen LogP contribution in [0.4, 0.5) is 0 Å². The molecule has 0 saturated carbocycles. The van der Waals surface area contributed by atoms with Crippen LogP contribution in [0.3, 0.4) is 0 Å². The van der Waals surface area contributed by atoms with Crippen molar-refractivity contribution in [2.24, 2.45) is 0 Å². The van der Waals surface area contributed by atoms with Gasteiger partial charge in [0, 0.05) is 7.11 Å². The summed E-state index contributed by atoms with van der Waals surface area (Å²) in [7, 11) is 1.57. The van der Waals surface area contributed by atoms with Gasteiger partial charge >= 0.3 is 0 Å². The third-order valence-corrected chi connectivity index (χ3v) is 5.86. The second-order valence-electron chi connectivity index (χ2n) is 8.24. The second-order valence-corrected chi connectivity index (χ2v) is 8.24. The van der Waals surface area contributed by atoms with Crippen molar-refractivity contribution in [3.8, 4) is 0 Å². The minimum atomic E-state index is -0.710. The highest BCUT2D eigenvalue weighted by Gasteiger charge is 2.48. The molecule has 1 aliphatic heterocycles. The van der Waals surface area contributed by atoms with E-state index in [2.05, 4.69) is 0 Å². The first-order valence-electron chi connectivity index (χ1n) is 11.5. The maximum Gasteiger partial charge on any atom is 0.186 e. The lowest BCUT2D eigenvalue weighted by Crippen LogP contribution is -2.61. The molecule has 1 unspecified atom stereocenters. The van der Waals surface area contributed by atoms with Crippen molar-refractivity contribution in [3.05, 3.63) is 108 Å². The Morgan fingerprint density at radius 1 is 0.618 bits per heavy atom. The minimum Gasteiger partial charge on any atom is -0.394 e. The molecule has 1 N–H and O–H groups in total. The molecular formula is C28H32O6. The van der Waals surface area contributed by atoms with Crippen LogP contribution in [-0.2, 0) is 43.5 Å². The van der Waals surface area contributed by atoms with Gasteiger partial charge in [-0.05, 0) is 16.7 Å². The van der Waals surface area contributed by atoms with Crippen molar-refractivity contribution in [3.63, 3.8) is 0 Å². The molecule has 4 rings (SSSR count). The lowest BCUT2D eigenvalue weighted by molar-refractivity contribution is -0.321. The highest BCUT2D eigenvalue weighted by atomic mass is 16.7. The van der Waals surface area contributed by atoms with E-state index in [1.807, 2.05) is 91.0 Å². The van der Waals surface area contributed by atoms with E-state index in [-0.39, 0.29) is 6.61 Å². The van der Waals surface area contributed by atoms with Crippen LogP contribution in [-0.4, -0.2) is 49.5 Å². The van der Waals surface area contributed by atoms with E-state index >= 15 is 0 Å². The molecule has 6 heteroatoms. The average molecular weight is 465 g/mol. The summed E-state index contributed by atoms with van der Waals surface area (Å²) in [6, 6.07) is 29.8. The quantitative estimate of drug-likeness (QED) is 0.461. The Morgan fingerprint density at radius 2 is 1.03 bits per heavy atom. The lowest BCUT2D eigenvalue weighted by Gasteiger charge is -2.45. The Bertz CT molecular complexity index is 895. The third kappa shape index (κ3) is 6.51. The minimum absolute atomic E-state index is 0.226. The Labute approximate surface area is 201 Å². The van der Waals surface area contributed by atoms with Gasteiger partial charge in [-0.15, -0.1) is 0 Å². The number of aliphatic hydroxyl groups excluding tert-OH is 1. The average Bonchev–Trinajstić information content (AvgIpc) is 2.91. The van der Waals surface area contributed by atoms with Crippen molar-refractivity contribution in [2.75, 3.05) is 13.7 Å². The Balaban J connectivity index is 1.56. The maximum atomic E-state index is 10.1. The van der Waals surface area contributed by atoms with Gasteiger partial charge in [0.2, 0.25) is 0 Å². The summed E-state index contributed by atoms with van der Waals surface area (Å²) in [6.45, 7) is 0.876. The molecule has 34 heavy (non-hydrogen) atoms. The standard InChI is InChI=1S/C28H32O6/c1-30-28-27(33-20-23-15-9-4-10-16-23)26(32-19-22-13-7-3-8-14-22)25(24(17-29)34-28)31-18-21-11-5-2-6-12-21/h2-16,24-29H,17-20H2,1H3/t24-,25-,26-,27-,28?/m1/s1. The highest BCUT2D eigenvalue weighted by molar-refractivity contribution is 5.15. The fourth-order valence-electron chi connectivity index (χ4n) is 4.08. The van der Waals surface area contributed by atoms with Crippen LogP contribution in [0.25, 0.3) is 0 Å². The molecule has 1 aliphatic rings. The first kappa shape index (κ1) is 24.5. The maximum absolute atomic E-state index is 10.1. The number of hydrogen-bond acceptors (Lipinski definition) is 6. The Morgan fingerprint density at radius 3 is 1.44 bits per heavy atom. The van der Waals surface area contributed by atoms with E-state index in [9.17, 15) is 5.11 Å². The molecule has 0 radical (unpaired) electrons. The molecule has 0 aromatic heterocycles. The number of rotatable bonds is 11. The van der Waals surface area contributed by atoms with E-state index in [1.165, 1.54) is 0 Å². The van der Waals surface area contributed by atoms with Crippen molar-refractivity contribution in [2.45, 2.75) is 50.5 Å². The first-order valence-corrected chi connectivity index (χ1v) is 11.5. The monoisotopic (exact) mass is 464 g/mol. The van der Waals surface area contributed by atoms with Crippen molar-refractivity contribution >= 4 is 0 Å². The van der Waals surface area contributed by atoms with Gasteiger partial charge in [-0.25, -0.2) is 0 Å². The molecule has 3 aromatic carbocycles. The first-order chi connectivity index (χ1) is 16.8. The number of methoxy groups -OCH3 is 1. The number of benzene rings is 3. The third-order valence-electron chi connectivity index (χ3n) is 5.86. The summed E-state index contributed by atoms with van der Waals surface area (Å²) in [5, 5.41) is 10.1. The topological polar surface area (TPSA) is 66.4 Å². The van der Waals surface area contributed by atoms with Crippen LogP contribution in [0.1, 0.15) is 16.7 Å². The van der Waals surface area contributed by atoms with E-state index < -0.39 is 30.7 Å². The number of hydrogen-bond donors (Lipinski definition) is 1. The summed E-state index contributed by atoms with van der Waals surface area (Å²) in [5.41, 5.74) is 3.09. The Kier molecular flexibility index (Phi) is 9.21. The molecule has 3 aromatic rings. The normalized spacial score (nSPS) is 24.7. The zero-order chi connectivity index (χ0) is 23.6. The van der Waals surface area contributed by atoms with Gasteiger partial charge in [-0.3, -0.25) is 0 Å². The molecule has 5 atom stereocenters. The zero-order valence-corrected chi connectivity index (χ0v) is 19.4.